The van der Waals surface area contributed by atoms with Gasteiger partial charge in [0, 0.05) is 6.54 Å². The van der Waals surface area contributed by atoms with Crippen molar-refractivity contribution in [3.05, 3.63) is 42.0 Å². The number of carbonyl (C=O) groups is 4. The fourth-order valence-electron chi connectivity index (χ4n) is 3.87. The lowest BCUT2D eigenvalue weighted by Gasteiger charge is -2.21. The van der Waals surface area contributed by atoms with Crippen molar-refractivity contribution in [2.75, 3.05) is 20.3 Å². The van der Waals surface area contributed by atoms with Crippen molar-refractivity contribution in [1.82, 2.24) is 10.2 Å². The minimum atomic E-state index is -1.06. The molecule has 2 aliphatic rings. The second kappa shape index (κ2) is 9.56. The first-order valence-electron chi connectivity index (χ1n) is 10.0. The van der Waals surface area contributed by atoms with Crippen LogP contribution in [0, 0.1) is 11.8 Å². The summed E-state index contributed by atoms with van der Waals surface area (Å²) < 4.78 is 10.3. The maximum absolute atomic E-state index is 12.5. The summed E-state index contributed by atoms with van der Waals surface area (Å²) >= 11 is 0. The van der Waals surface area contributed by atoms with E-state index < -0.39 is 36.4 Å². The molecule has 0 spiro atoms. The summed E-state index contributed by atoms with van der Waals surface area (Å²) in [5.41, 5.74) is 0.952. The summed E-state index contributed by atoms with van der Waals surface area (Å²) in [6.07, 6.45) is 5.33. The molecule has 3 amide bonds. The van der Waals surface area contributed by atoms with Crippen molar-refractivity contribution in [2.24, 2.45) is 11.8 Å². The summed E-state index contributed by atoms with van der Waals surface area (Å²) in [7, 11) is 1.58. The van der Waals surface area contributed by atoms with Crippen molar-refractivity contribution >= 4 is 23.7 Å². The number of para-hydroxylation sites is 1. The number of amides is 3. The number of fused-ring (bicyclic) bond motifs is 1. The molecule has 0 aromatic heterocycles. The van der Waals surface area contributed by atoms with E-state index in [2.05, 4.69) is 5.32 Å². The Hall–Kier alpha value is -3.16. The number of hydrogen-bond donors (Lipinski definition) is 1. The van der Waals surface area contributed by atoms with Crippen LogP contribution in [0.15, 0.2) is 36.4 Å². The van der Waals surface area contributed by atoms with Gasteiger partial charge in [-0.3, -0.25) is 19.3 Å². The number of hydrogen-bond acceptors (Lipinski definition) is 6. The van der Waals surface area contributed by atoms with Crippen molar-refractivity contribution in [3.63, 3.8) is 0 Å². The highest BCUT2D eigenvalue weighted by molar-refractivity contribution is 6.08. The van der Waals surface area contributed by atoms with Crippen molar-refractivity contribution in [2.45, 2.75) is 32.2 Å². The number of rotatable bonds is 8. The summed E-state index contributed by atoms with van der Waals surface area (Å²) in [6.45, 7) is 1.33. The van der Waals surface area contributed by atoms with Gasteiger partial charge >= 0.3 is 5.97 Å². The number of ether oxygens (including phenoxy) is 2. The SMILES string of the molecule is COc1ccccc1CCNC(=O)COC(=O)[C@H](C)N1C(=O)[C@@H]2CC=CC[C@H]2C1=O. The Labute approximate surface area is 175 Å². The number of nitrogens with zero attached hydrogens (tertiary/aromatic N) is 1. The number of allylic oxidation sites excluding steroid dienone is 2. The fraction of sp³-hybridized carbons (Fsp3) is 0.455. The van der Waals surface area contributed by atoms with E-state index in [0.717, 1.165) is 16.2 Å². The second-order valence-electron chi connectivity index (χ2n) is 7.40. The topological polar surface area (TPSA) is 102 Å². The normalized spacial score (nSPS) is 21.2. The summed E-state index contributed by atoms with van der Waals surface area (Å²) in [4.78, 5) is 50.4. The van der Waals surface area contributed by atoms with Gasteiger partial charge in [-0.1, -0.05) is 30.4 Å². The molecule has 1 fully saturated rings. The van der Waals surface area contributed by atoms with E-state index in [-0.39, 0.29) is 11.8 Å². The van der Waals surface area contributed by atoms with E-state index in [1.807, 2.05) is 36.4 Å². The number of likely N-dealkylation sites (tertiary alicyclic amines) is 1. The number of methoxy groups -OCH3 is 1. The highest BCUT2D eigenvalue weighted by Gasteiger charge is 2.50. The predicted octanol–water partition coefficient (Wildman–Crippen LogP) is 1.24. The van der Waals surface area contributed by atoms with Gasteiger partial charge in [0.05, 0.1) is 18.9 Å². The van der Waals surface area contributed by atoms with Gasteiger partial charge in [-0.2, -0.15) is 0 Å². The van der Waals surface area contributed by atoms with E-state index in [4.69, 9.17) is 9.47 Å². The van der Waals surface area contributed by atoms with Crippen LogP contribution in [0.1, 0.15) is 25.3 Å². The highest BCUT2D eigenvalue weighted by Crippen LogP contribution is 2.36. The van der Waals surface area contributed by atoms with Gasteiger partial charge in [0.2, 0.25) is 11.8 Å². The van der Waals surface area contributed by atoms with Gasteiger partial charge < -0.3 is 14.8 Å². The zero-order chi connectivity index (χ0) is 21.7. The Morgan fingerprint density at radius 3 is 2.40 bits per heavy atom. The van der Waals surface area contributed by atoms with Crippen LogP contribution < -0.4 is 10.1 Å². The number of benzene rings is 1. The quantitative estimate of drug-likeness (QED) is 0.390. The predicted molar refractivity (Wildman–Crippen MR) is 107 cm³/mol. The largest absolute Gasteiger partial charge is 0.496 e. The Morgan fingerprint density at radius 1 is 1.13 bits per heavy atom. The van der Waals surface area contributed by atoms with Gasteiger partial charge in [-0.25, -0.2) is 4.79 Å². The smallest absolute Gasteiger partial charge is 0.329 e. The third-order valence-corrected chi connectivity index (χ3v) is 5.52. The monoisotopic (exact) mass is 414 g/mol. The van der Waals surface area contributed by atoms with Crippen LogP contribution in [0.5, 0.6) is 5.75 Å². The van der Waals surface area contributed by atoms with Crippen LogP contribution in [0.4, 0.5) is 0 Å². The van der Waals surface area contributed by atoms with Crippen LogP contribution in [0.2, 0.25) is 0 Å². The zero-order valence-corrected chi connectivity index (χ0v) is 17.1. The molecule has 0 saturated carbocycles. The molecule has 0 radical (unpaired) electrons. The number of nitrogens with one attached hydrogen (secondary N) is 1. The highest BCUT2D eigenvalue weighted by atomic mass is 16.5. The molecule has 1 saturated heterocycles. The van der Waals surface area contributed by atoms with Gasteiger partial charge in [0.25, 0.3) is 5.91 Å². The minimum Gasteiger partial charge on any atom is -0.496 e. The molecule has 1 aromatic rings. The number of esters is 1. The number of carbonyl (C=O) groups excluding carboxylic acids is 4. The summed E-state index contributed by atoms with van der Waals surface area (Å²) in [6, 6.07) is 6.44. The van der Waals surface area contributed by atoms with Crippen LogP contribution in [-0.4, -0.2) is 54.9 Å². The average molecular weight is 414 g/mol. The third-order valence-electron chi connectivity index (χ3n) is 5.52. The Bertz CT molecular complexity index is 839. The first-order valence-corrected chi connectivity index (χ1v) is 10.0. The van der Waals surface area contributed by atoms with E-state index in [0.29, 0.717) is 25.8 Å². The van der Waals surface area contributed by atoms with Crippen molar-refractivity contribution in [1.29, 1.82) is 0 Å². The van der Waals surface area contributed by atoms with E-state index in [1.54, 1.807) is 7.11 Å². The first kappa shape index (κ1) is 21.5. The van der Waals surface area contributed by atoms with Gasteiger partial charge in [0.15, 0.2) is 6.61 Å². The molecule has 8 nitrogen and oxygen atoms in total. The maximum atomic E-state index is 12.5. The lowest BCUT2D eigenvalue weighted by molar-refractivity contribution is -0.159. The lowest BCUT2D eigenvalue weighted by Crippen LogP contribution is -2.45. The first-order chi connectivity index (χ1) is 14.4. The summed E-state index contributed by atoms with van der Waals surface area (Å²) in [5.74, 6) is -2.00. The molecule has 8 heteroatoms. The molecule has 0 bridgehead atoms. The van der Waals surface area contributed by atoms with Crippen molar-refractivity contribution < 1.29 is 28.7 Å². The van der Waals surface area contributed by atoms with Crippen LogP contribution in [0.3, 0.4) is 0 Å². The van der Waals surface area contributed by atoms with Gasteiger partial charge in [-0.05, 0) is 37.8 Å². The second-order valence-corrected chi connectivity index (χ2v) is 7.40. The zero-order valence-electron chi connectivity index (χ0n) is 17.1. The molecule has 1 aliphatic heterocycles. The molecular weight excluding hydrogens is 388 g/mol. The lowest BCUT2D eigenvalue weighted by atomic mass is 9.85. The number of imide groups is 1. The Morgan fingerprint density at radius 2 is 1.77 bits per heavy atom. The van der Waals surface area contributed by atoms with E-state index in [9.17, 15) is 19.2 Å². The van der Waals surface area contributed by atoms with Crippen LogP contribution >= 0.6 is 0 Å². The Balaban J connectivity index is 1.45. The molecule has 30 heavy (non-hydrogen) atoms. The van der Waals surface area contributed by atoms with E-state index >= 15 is 0 Å². The Kier molecular flexibility index (Phi) is 6.87. The van der Waals surface area contributed by atoms with E-state index in [1.165, 1.54) is 6.92 Å². The molecular formula is C22H26N2O6. The van der Waals surface area contributed by atoms with Crippen LogP contribution in [-0.2, 0) is 30.3 Å². The van der Waals surface area contributed by atoms with Crippen molar-refractivity contribution in [3.8, 4) is 5.75 Å². The maximum Gasteiger partial charge on any atom is 0.329 e. The molecule has 1 N–H and O–H groups in total. The fourth-order valence-corrected chi connectivity index (χ4v) is 3.87. The molecule has 1 aliphatic carbocycles. The average Bonchev–Trinajstić information content (AvgIpc) is 3.02. The molecule has 0 unspecified atom stereocenters. The molecule has 1 heterocycles. The van der Waals surface area contributed by atoms with Crippen LogP contribution in [0.25, 0.3) is 0 Å². The van der Waals surface area contributed by atoms with Gasteiger partial charge in [0.1, 0.15) is 11.8 Å². The van der Waals surface area contributed by atoms with Gasteiger partial charge in [-0.15, -0.1) is 0 Å². The molecule has 3 rings (SSSR count). The standard InChI is InChI=1S/C22H26N2O6/c1-14(24-20(26)16-8-4-5-9-17(16)21(24)27)22(28)30-13-19(25)23-12-11-15-7-3-6-10-18(15)29-2/h3-7,10,14,16-17H,8-9,11-13H2,1-2H3,(H,23,25)/t14-,16+,17+/m0/s1. The minimum absolute atomic E-state index is 0.347. The molecule has 3 atom stereocenters. The molecule has 1 aromatic carbocycles. The summed E-state index contributed by atoms with van der Waals surface area (Å²) in [5, 5.41) is 2.68. The molecule has 160 valence electrons. The third kappa shape index (κ3) is 4.53.